The van der Waals surface area contributed by atoms with Crippen molar-refractivity contribution in [1.29, 1.82) is 0 Å². The summed E-state index contributed by atoms with van der Waals surface area (Å²) >= 11 is 0. The normalized spacial score (nSPS) is 11.7. The molecule has 0 aliphatic carbocycles. The molecule has 206 valence electrons. The van der Waals surface area contributed by atoms with E-state index in [0.717, 1.165) is 44.9 Å². The number of nitrogens with one attached hydrogen (secondary N) is 3. The second-order valence-corrected chi connectivity index (χ2v) is 9.19. The Morgan fingerprint density at radius 2 is 1.29 bits per heavy atom. The van der Waals surface area contributed by atoms with E-state index < -0.39 is 6.04 Å². The van der Waals surface area contributed by atoms with Gasteiger partial charge in [0, 0.05) is 33.0 Å². The summed E-state index contributed by atoms with van der Waals surface area (Å²) in [5.74, 6) is -0.161. The Morgan fingerprint density at radius 1 is 0.657 bits per heavy atom. The quantitative estimate of drug-likeness (QED) is 0.163. The number of rotatable bonds is 25. The lowest BCUT2D eigenvalue weighted by atomic mass is 10.1. The van der Waals surface area contributed by atoms with Gasteiger partial charge < -0.3 is 25.4 Å². The van der Waals surface area contributed by atoms with Crippen molar-refractivity contribution in [2.24, 2.45) is 0 Å². The Balaban J connectivity index is 4.29. The van der Waals surface area contributed by atoms with E-state index in [-0.39, 0.29) is 17.7 Å². The Morgan fingerprint density at radius 3 is 1.91 bits per heavy atom. The van der Waals surface area contributed by atoms with Gasteiger partial charge in [0.1, 0.15) is 6.04 Å². The van der Waals surface area contributed by atoms with Gasteiger partial charge in [0.2, 0.25) is 17.7 Å². The molecule has 35 heavy (non-hydrogen) atoms. The monoisotopic (exact) mass is 499 g/mol. The van der Waals surface area contributed by atoms with Crippen LogP contribution in [-0.2, 0) is 23.9 Å². The minimum Gasteiger partial charge on any atom is -0.382 e. The maximum absolute atomic E-state index is 12.7. The van der Waals surface area contributed by atoms with E-state index >= 15 is 0 Å². The fourth-order valence-corrected chi connectivity index (χ4v) is 3.72. The van der Waals surface area contributed by atoms with Gasteiger partial charge in [-0.05, 0) is 32.1 Å². The summed E-state index contributed by atoms with van der Waals surface area (Å²) < 4.78 is 10.3. The molecular formula is C27H53N3O5. The molecule has 1 atom stereocenters. The second kappa shape index (κ2) is 25.4. The molecule has 0 spiro atoms. The highest BCUT2D eigenvalue weighted by Gasteiger charge is 2.20. The number of amides is 3. The highest BCUT2D eigenvalue weighted by atomic mass is 16.5. The third kappa shape index (κ3) is 22.5. The fourth-order valence-electron chi connectivity index (χ4n) is 3.72. The van der Waals surface area contributed by atoms with Gasteiger partial charge >= 0.3 is 0 Å². The van der Waals surface area contributed by atoms with Crippen LogP contribution in [0.15, 0.2) is 0 Å². The summed E-state index contributed by atoms with van der Waals surface area (Å²) in [7, 11) is 1.61. The van der Waals surface area contributed by atoms with Crippen molar-refractivity contribution in [2.75, 3.05) is 40.0 Å². The van der Waals surface area contributed by atoms with E-state index in [9.17, 15) is 14.4 Å². The van der Waals surface area contributed by atoms with Gasteiger partial charge in [-0.25, -0.2) is 0 Å². The minimum absolute atomic E-state index is 0.0747. The fraction of sp³-hybridized carbons (Fsp3) is 0.889. The lowest BCUT2D eigenvalue weighted by Crippen LogP contribution is -2.47. The van der Waals surface area contributed by atoms with E-state index in [2.05, 4.69) is 29.8 Å². The van der Waals surface area contributed by atoms with Crippen LogP contribution in [0, 0.1) is 0 Å². The van der Waals surface area contributed by atoms with Gasteiger partial charge in [0.15, 0.2) is 0 Å². The average Bonchev–Trinajstić information content (AvgIpc) is 2.84. The van der Waals surface area contributed by atoms with Gasteiger partial charge in [-0.3, -0.25) is 14.4 Å². The first-order valence-electron chi connectivity index (χ1n) is 14.0. The number of carbonyl (C=O) groups is 3. The predicted molar refractivity (Wildman–Crippen MR) is 141 cm³/mol. The summed E-state index contributed by atoms with van der Waals surface area (Å²) in [6, 6.07) is -0.564. The zero-order chi connectivity index (χ0) is 26.0. The molecule has 0 bridgehead atoms. The molecule has 8 heteroatoms. The highest BCUT2D eigenvalue weighted by molar-refractivity contribution is 5.87. The molecule has 0 saturated carbocycles. The molecular weight excluding hydrogens is 446 g/mol. The number of carbonyl (C=O) groups excluding carboxylic acids is 3. The van der Waals surface area contributed by atoms with Crippen LogP contribution in [0.5, 0.6) is 0 Å². The Hall–Kier alpha value is -1.67. The average molecular weight is 500 g/mol. The number of hydrogen-bond donors (Lipinski definition) is 3. The lowest BCUT2D eigenvalue weighted by Gasteiger charge is -2.19. The van der Waals surface area contributed by atoms with Crippen LogP contribution >= 0.6 is 0 Å². The predicted octanol–water partition coefficient (Wildman–Crippen LogP) is 4.26. The molecule has 3 N–H and O–H groups in total. The Labute approximate surface area is 214 Å². The molecule has 0 aliphatic heterocycles. The Bertz CT molecular complexity index is 531. The molecule has 0 saturated heterocycles. The van der Waals surface area contributed by atoms with Crippen molar-refractivity contribution in [3.8, 4) is 0 Å². The first kappa shape index (κ1) is 33.3. The van der Waals surface area contributed by atoms with Crippen LogP contribution in [-0.4, -0.2) is 63.8 Å². The number of ether oxygens (including phenoxy) is 2. The molecule has 0 fully saturated rings. The standard InChI is InChI=1S/C27H53N3O5/c1-4-6-8-10-12-17-25(31)28-19-15-14-16-24(27(33)29-20-21-35-23-22-34-3)30-26(32)18-13-11-9-7-5-2/h24H,4-23H2,1-3H3,(H,28,31)(H,29,33)(H,30,32)/t24-/m0/s1. The molecule has 0 heterocycles. The van der Waals surface area contributed by atoms with Crippen LogP contribution < -0.4 is 16.0 Å². The molecule has 3 amide bonds. The molecule has 0 radical (unpaired) electrons. The van der Waals surface area contributed by atoms with Crippen molar-refractivity contribution in [1.82, 2.24) is 16.0 Å². The van der Waals surface area contributed by atoms with Gasteiger partial charge in [0.05, 0.1) is 19.8 Å². The first-order chi connectivity index (χ1) is 17.0. The molecule has 0 aliphatic rings. The summed E-state index contributed by atoms with van der Waals surface area (Å²) in [5.41, 5.74) is 0. The summed E-state index contributed by atoms with van der Waals surface area (Å²) in [4.78, 5) is 37.0. The SMILES string of the molecule is CCCCCCCC(=O)NCCCC[C@H](NC(=O)CCCCCCC)C(=O)NCCOCCOC. The highest BCUT2D eigenvalue weighted by Crippen LogP contribution is 2.07. The van der Waals surface area contributed by atoms with E-state index in [1.165, 1.54) is 32.1 Å². The van der Waals surface area contributed by atoms with Crippen LogP contribution in [0.25, 0.3) is 0 Å². The molecule has 0 aromatic carbocycles. The van der Waals surface area contributed by atoms with Gasteiger partial charge in [-0.1, -0.05) is 65.2 Å². The zero-order valence-electron chi connectivity index (χ0n) is 22.8. The summed E-state index contributed by atoms with van der Waals surface area (Å²) in [6.07, 6.45) is 14.1. The Kier molecular flexibility index (Phi) is 24.2. The number of hydrogen-bond acceptors (Lipinski definition) is 5. The van der Waals surface area contributed by atoms with Crippen molar-refractivity contribution in [2.45, 2.75) is 116 Å². The van der Waals surface area contributed by atoms with Gasteiger partial charge in [-0.15, -0.1) is 0 Å². The third-order valence-electron chi connectivity index (χ3n) is 5.89. The van der Waals surface area contributed by atoms with E-state index in [1.807, 2.05) is 0 Å². The number of methoxy groups -OCH3 is 1. The molecule has 8 nitrogen and oxygen atoms in total. The lowest BCUT2D eigenvalue weighted by molar-refractivity contribution is -0.129. The van der Waals surface area contributed by atoms with E-state index in [4.69, 9.17) is 9.47 Å². The summed E-state index contributed by atoms with van der Waals surface area (Å²) in [5, 5.41) is 8.74. The molecule has 0 aromatic rings. The minimum atomic E-state index is -0.564. The zero-order valence-corrected chi connectivity index (χ0v) is 22.8. The topological polar surface area (TPSA) is 106 Å². The molecule has 0 rings (SSSR count). The maximum Gasteiger partial charge on any atom is 0.242 e. The second-order valence-electron chi connectivity index (χ2n) is 9.19. The summed E-state index contributed by atoms with van der Waals surface area (Å²) in [6.45, 7) is 6.73. The van der Waals surface area contributed by atoms with Crippen molar-refractivity contribution >= 4 is 17.7 Å². The van der Waals surface area contributed by atoms with Gasteiger partial charge in [-0.2, -0.15) is 0 Å². The maximum atomic E-state index is 12.7. The van der Waals surface area contributed by atoms with Crippen LogP contribution in [0.3, 0.4) is 0 Å². The van der Waals surface area contributed by atoms with Gasteiger partial charge in [0.25, 0.3) is 0 Å². The molecule has 0 unspecified atom stereocenters. The van der Waals surface area contributed by atoms with Crippen molar-refractivity contribution < 1.29 is 23.9 Å². The molecule has 0 aromatic heterocycles. The largest absolute Gasteiger partial charge is 0.382 e. The smallest absolute Gasteiger partial charge is 0.242 e. The number of unbranched alkanes of at least 4 members (excludes halogenated alkanes) is 9. The van der Waals surface area contributed by atoms with Crippen molar-refractivity contribution in [3.63, 3.8) is 0 Å². The first-order valence-corrected chi connectivity index (χ1v) is 14.0. The van der Waals surface area contributed by atoms with E-state index in [1.54, 1.807) is 7.11 Å². The van der Waals surface area contributed by atoms with Crippen LogP contribution in [0.1, 0.15) is 110 Å². The third-order valence-corrected chi connectivity index (χ3v) is 5.89. The van der Waals surface area contributed by atoms with Crippen LogP contribution in [0.4, 0.5) is 0 Å². The van der Waals surface area contributed by atoms with Crippen molar-refractivity contribution in [3.05, 3.63) is 0 Å². The van der Waals surface area contributed by atoms with E-state index in [0.29, 0.717) is 52.2 Å². The van der Waals surface area contributed by atoms with Crippen LogP contribution in [0.2, 0.25) is 0 Å².